The number of hydrogen-bond donors (Lipinski definition) is 2. The number of hydrogen-bond acceptors (Lipinski definition) is 4. The quantitative estimate of drug-likeness (QED) is 0.860. The molecule has 7 nitrogen and oxygen atoms in total. The molecule has 1 amide bonds. The van der Waals surface area contributed by atoms with Crippen molar-refractivity contribution < 1.29 is 14.7 Å². The number of nitrogens with zero attached hydrogens (tertiary/aromatic N) is 3. The van der Waals surface area contributed by atoms with E-state index in [9.17, 15) is 9.59 Å². The van der Waals surface area contributed by atoms with Crippen LogP contribution >= 0.6 is 0 Å². The fraction of sp³-hybridized carbons (Fsp3) is 0.286. The van der Waals surface area contributed by atoms with E-state index < -0.39 is 17.9 Å². The van der Waals surface area contributed by atoms with E-state index in [1.165, 1.54) is 10.9 Å². The van der Waals surface area contributed by atoms with Crippen molar-refractivity contribution in [3.8, 4) is 5.69 Å². The summed E-state index contributed by atoms with van der Waals surface area (Å²) >= 11 is 0. The third-order valence-corrected chi connectivity index (χ3v) is 2.88. The number of aryl methyl sites for hydroxylation is 1. The van der Waals surface area contributed by atoms with E-state index >= 15 is 0 Å². The molecule has 0 bridgehead atoms. The maximum atomic E-state index is 11.9. The summed E-state index contributed by atoms with van der Waals surface area (Å²) in [6.07, 6.45) is 1.37. The molecule has 0 saturated carbocycles. The first-order valence-corrected chi connectivity index (χ1v) is 6.48. The van der Waals surface area contributed by atoms with Gasteiger partial charge in [0.2, 0.25) is 0 Å². The molecule has 1 atom stereocenters. The van der Waals surface area contributed by atoms with Crippen molar-refractivity contribution in [2.24, 2.45) is 0 Å². The fourth-order valence-corrected chi connectivity index (χ4v) is 1.80. The van der Waals surface area contributed by atoms with Crippen molar-refractivity contribution in [3.05, 3.63) is 41.7 Å². The molecule has 1 aromatic carbocycles. The van der Waals surface area contributed by atoms with Crippen LogP contribution in [0.2, 0.25) is 0 Å². The molecule has 1 aromatic heterocycles. The number of carboxylic acids is 1. The monoisotopic (exact) mass is 288 g/mol. The van der Waals surface area contributed by atoms with Crippen molar-refractivity contribution in [3.63, 3.8) is 0 Å². The Morgan fingerprint density at radius 3 is 2.62 bits per heavy atom. The van der Waals surface area contributed by atoms with Crippen LogP contribution in [0.4, 0.5) is 0 Å². The first-order valence-electron chi connectivity index (χ1n) is 6.48. The van der Waals surface area contributed by atoms with Crippen molar-refractivity contribution in [2.45, 2.75) is 26.3 Å². The molecule has 1 unspecified atom stereocenters. The summed E-state index contributed by atoms with van der Waals surface area (Å²) in [6, 6.07) is 7.15. The second kappa shape index (κ2) is 6.17. The van der Waals surface area contributed by atoms with E-state index in [4.69, 9.17) is 5.11 Å². The van der Waals surface area contributed by atoms with E-state index in [0.717, 1.165) is 11.3 Å². The maximum Gasteiger partial charge on any atom is 0.305 e. The van der Waals surface area contributed by atoms with E-state index in [-0.39, 0.29) is 12.1 Å². The molecular weight excluding hydrogens is 272 g/mol. The van der Waals surface area contributed by atoms with Gasteiger partial charge in [0, 0.05) is 6.04 Å². The minimum atomic E-state index is -0.967. The number of carboxylic acid groups (broad SMARTS) is 1. The standard InChI is InChI=1S/C14H16N4O3/c1-9-3-5-11(6-4-9)18-8-12(16-17-18)14(21)15-10(2)7-13(19)20/h3-6,8,10H,7H2,1-2H3,(H,15,21)(H,19,20). The summed E-state index contributed by atoms with van der Waals surface area (Å²) in [5.74, 6) is -1.41. The van der Waals surface area contributed by atoms with Crippen LogP contribution in [0.1, 0.15) is 29.4 Å². The fourth-order valence-electron chi connectivity index (χ4n) is 1.80. The van der Waals surface area contributed by atoms with Crippen LogP contribution in [0.5, 0.6) is 0 Å². The molecule has 0 spiro atoms. The highest BCUT2D eigenvalue weighted by Gasteiger charge is 2.15. The molecule has 0 radical (unpaired) electrons. The van der Waals surface area contributed by atoms with E-state index in [0.29, 0.717) is 0 Å². The summed E-state index contributed by atoms with van der Waals surface area (Å²) in [7, 11) is 0. The Bertz CT molecular complexity index is 648. The Kier molecular flexibility index (Phi) is 4.32. The maximum absolute atomic E-state index is 11.9. The largest absolute Gasteiger partial charge is 0.481 e. The average molecular weight is 288 g/mol. The lowest BCUT2D eigenvalue weighted by Crippen LogP contribution is -2.34. The molecule has 2 N–H and O–H groups in total. The van der Waals surface area contributed by atoms with Crippen molar-refractivity contribution in [1.29, 1.82) is 0 Å². The normalized spacial score (nSPS) is 11.9. The van der Waals surface area contributed by atoms with Gasteiger partial charge in [-0.2, -0.15) is 0 Å². The van der Waals surface area contributed by atoms with Gasteiger partial charge in [-0.25, -0.2) is 4.68 Å². The molecule has 2 rings (SSSR count). The number of carbonyl (C=O) groups excluding carboxylic acids is 1. The van der Waals surface area contributed by atoms with Crippen LogP contribution in [-0.2, 0) is 4.79 Å². The number of aliphatic carboxylic acids is 1. The minimum absolute atomic E-state index is 0.141. The molecule has 0 aliphatic heterocycles. The lowest BCUT2D eigenvalue weighted by molar-refractivity contribution is -0.137. The highest BCUT2D eigenvalue weighted by Crippen LogP contribution is 2.08. The number of carbonyl (C=O) groups is 2. The molecule has 0 fully saturated rings. The van der Waals surface area contributed by atoms with Gasteiger partial charge in [-0.15, -0.1) is 5.10 Å². The molecule has 7 heteroatoms. The van der Waals surface area contributed by atoms with Crippen molar-refractivity contribution >= 4 is 11.9 Å². The highest BCUT2D eigenvalue weighted by molar-refractivity contribution is 5.92. The van der Waals surface area contributed by atoms with E-state index in [1.54, 1.807) is 6.92 Å². The van der Waals surface area contributed by atoms with Crippen LogP contribution < -0.4 is 5.32 Å². The lowest BCUT2D eigenvalue weighted by Gasteiger charge is -2.09. The summed E-state index contributed by atoms with van der Waals surface area (Å²) in [5.41, 5.74) is 2.07. The molecule has 0 saturated heterocycles. The van der Waals surface area contributed by atoms with Crippen LogP contribution in [-0.4, -0.2) is 38.0 Å². The Morgan fingerprint density at radius 2 is 2.00 bits per heavy atom. The van der Waals surface area contributed by atoms with Gasteiger partial charge in [-0.05, 0) is 26.0 Å². The molecule has 2 aromatic rings. The molecular formula is C14H16N4O3. The third-order valence-electron chi connectivity index (χ3n) is 2.88. The molecule has 1 heterocycles. The zero-order valence-electron chi connectivity index (χ0n) is 11.8. The van der Waals surface area contributed by atoms with Gasteiger partial charge in [0.25, 0.3) is 5.91 Å². The first kappa shape index (κ1) is 14.7. The van der Waals surface area contributed by atoms with Gasteiger partial charge >= 0.3 is 5.97 Å². The van der Waals surface area contributed by atoms with Crippen LogP contribution in [0, 0.1) is 6.92 Å². The number of amides is 1. The third kappa shape index (κ3) is 3.88. The number of aromatic nitrogens is 3. The van der Waals surface area contributed by atoms with Gasteiger partial charge in [-0.3, -0.25) is 9.59 Å². The first-order chi connectivity index (χ1) is 9.95. The average Bonchev–Trinajstić information content (AvgIpc) is 2.88. The summed E-state index contributed by atoms with van der Waals surface area (Å²) in [5, 5.41) is 18.9. The van der Waals surface area contributed by atoms with Gasteiger partial charge in [0.05, 0.1) is 18.3 Å². The minimum Gasteiger partial charge on any atom is -0.481 e. The van der Waals surface area contributed by atoms with E-state index in [1.807, 2.05) is 31.2 Å². The Labute approximate surface area is 121 Å². The molecule has 0 aliphatic rings. The van der Waals surface area contributed by atoms with Crippen LogP contribution in [0.25, 0.3) is 5.69 Å². The molecule has 110 valence electrons. The Morgan fingerprint density at radius 1 is 1.33 bits per heavy atom. The topological polar surface area (TPSA) is 97.1 Å². The zero-order chi connectivity index (χ0) is 15.4. The van der Waals surface area contributed by atoms with Crippen LogP contribution in [0.15, 0.2) is 30.5 Å². The predicted octanol–water partition coefficient (Wildman–Crippen LogP) is 1.17. The summed E-state index contributed by atoms with van der Waals surface area (Å²) in [6.45, 7) is 3.60. The lowest BCUT2D eigenvalue weighted by atomic mass is 10.2. The van der Waals surface area contributed by atoms with Crippen LogP contribution in [0.3, 0.4) is 0 Å². The molecule has 21 heavy (non-hydrogen) atoms. The van der Waals surface area contributed by atoms with Crippen molar-refractivity contribution in [1.82, 2.24) is 20.3 Å². The SMILES string of the molecule is Cc1ccc(-n2cc(C(=O)NC(C)CC(=O)O)nn2)cc1. The highest BCUT2D eigenvalue weighted by atomic mass is 16.4. The zero-order valence-corrected chi connectivity index (χ0v) is 11.8. The van der Waals surface area contributed by atoms with E-state index in [2.05, 4.69) is 15.6 Å². The Hall–Kier alpha value is -2.70. The molecule has 0 aliphatic carbocycles. The Balaban J connectivity index is 2.07. The van der Waals surface area contributed by atoms with Gasteiger partial charge in [-0.1, -0.05) is 22.9 Å². The predicted molar refractivity (Wildman–Crippen MR) is 75.3 cm³/mol. The number of benzene rings is 1. The van der Waals surface area contributed by atoms with Gasteiger partial charge < -0.3 is 10.4 Å². The van der Waals surface area contributed by atoms with Gasteiger partial charge in [0.15, 0.2) is 5.69 Å². The summed E-state index contributed by atoms with van der Waals surface area (Å²) in [4.78, 5) is 22.5. The second-order valence-electron chi connectivity index (χ2n) is 4.86. The van der Waals surface area contributed by atoms with Crippen molar-refractivity contribution in [2.75, 3.05) is 0 Å². The number of nitrogens with one attached hydrogen (secondary N) is 1. The van der Waals surface area contributed by atoms with Gasteiger partial charge in [0.1, 0.15) is 0 Å². The number of rotatable bonds is 5. The second-order valence-corrected chi connectivity index (χ2v) is 4.86. The smallest absolute Gasteiger partial charge is 0.305 e. The summed E-state index contributed by atoms with van der Waals surface area (Å²) < 4.78 is 1.50.